The van der Waals surface area contributed by atoms with E-state index < -0.39 is 0 Å². The smallest absolute Gasteiger partial charge is 0.227 e. The Morgan fingerprint density at radius 2 is 1.72 bits per heavy atom. The summed E-state index contributed by atoms with van der Waals surface area (Å²) < 4.78 is 5.43. The molecule has 1 saturated heterocycles. The lowest BCUT2D eigenvalue weighted by Crippen LogP contribution is -2.47. The summed E-state index contributed by atoms with van der Waals surface area (Å²) >= 11 is 0. The van der Waals surface area contributed by atoms with Gasteiger partial charge < -0.3 is 19.9 Å². The molecule has 0 bridgehead atoms. The van der Waals surface area contributed by atoms with Crippen LogP contribution in [0.1, 0.15) is 11.3 Å². The summed E-state index contributed by atoms with van der Waals surface area (Å²) in [6, 6.07) is 16.0. The highest BCUT2D eigenvalue weighted by molar-refractivity contribution is 5.47. The average molecular weight is 390 g/mol. The molecule has 2 aromatic heterocycles. The van der Waals surface area contributed by atoms with Crippen molar-refractivity contribution in [3.8, 4) is 5.75 Å². The first-order chi connectivity index (χ1) is 14.2. The van der Waals surface area contributed by atoms with Crippen LogP contribution in [0.5, 0.6) is 5.75 Å². The Bertz CT molecular complexity index is 941. The van der Waals surface area contributed by atoms with Gasteiger partial charge in [-0.05, 0) is 25.1 Å². The molecule has 150 valence electrons. The maximum absolute atomic E-state index is 5.43. The number of para-hydroxylation sites is 1. The maximum Gasteiger partial charge on any atom is 0.227 e. The molecule has 0 atom stereocenters. The number of rotatable bonds is 6. The molecule has 3 heterocycles. The van der Waals surface area contributed by atoms with E-state index in [1.165, 1.54) is 0 Å². The molecule has 3 aromatic rings. The fourth-order valence-electron chi connectivity index (χ4n) is 3.50. The highest BCUT2D eigenvalue weighted by Gasteiger charge is 2.20. The first-order valence-corrected chi connectivity index (χ1v) is 9.85. The van der Waals surface area contributed by atoms with E-state index in [1.54, 1.807) is 7.11 Å². The third kappa shape index (κ3) is 4.56. The Hall–Kier alpha value is -3.35. The summed E-state index contributed by atoms with van der Waals surface area (Å²) in [5.74, 6) is 3.49. The van der Waals surface area contributed by atoms with Crippen LogP contribution >= 0.6 is 0 Å². The molecule has 1 aromatic carbocycles. The van der Waals surface area contributed by atoms with Crippen molar-refractivity contribution >= 4 is 17.6 Å². The van der Waals surface area contributed by atoms with E-state index >= 15 is 0 Å². The van der Waals surface area contributed by atoms with E-state index in [1.807, 2.05) is 49.5 Å². The maximum atomic E-state index is 5.43. The topological polar surface area (TPSA) is 66.4 Å². The quantitative estimate of drug-likeness (QED) is 0.694. The molecule has 1 aliphatic heterocycles. The summed E-state index contributed by atoms with van der Waals surface area (Å²) in [7, 11) is 1.69. The van der Waals surface area contributed by atoms with Gasteiger partial charge in [-0.25, -0.2) is 9.97 Å². The number of ether oxygens (including phenoxy) is 1. The number of anilines is 3. The van der Waals surface area contributed by atoms with Gasteiger partial charge in [-0.3, -0.25) is 0 Å². The van der Waals surface area contributed by atoms with Crippen molar-refractivity contribution in [2.45, 2.75) is 13.5 Å². The third-order valence-electron chi connectivity index (χ3n) is 5.03. The van der Waals surface area contributed by atoms with E-state index in [-0.39, 0.29) is 0 Å². The highest BCUT2D eigenvalue weighted by Crippen LogP contribution is 2.21. The molecule has 4 rings (SSSR count). The van der Waals surface area contributed by atoms with Gasteiger partial charge in [0.1, 0.15) is 17.4 Å². The molecule has 7 nitrogen and oxygen atoms in total. The number of hydrogen-bond acceptors (Lipinski definition) is 7. The molecule has 0 aliphatic carbocycles. The van der Waals surface area contributed by atoms with Gasteiger partial charge in [0.05, 0.1) is 7.11 Å². The van der Waals surface area contributed by atoms with Gasteiger partial charge in [0.25, 0.3) is 0 Å². The monoisotopic (exact) mass is 390 g/mol. The van der Waals surface area contributed by atoms with E-state index in [4.69, 9.17) is 9.72 Å². The van der Waals surface area contributed by atoms with Crippen LogP contribution in [0.4, 0.5) is 17.6 Å². The minimum Gasteiger partial charge on any atom is -0.496 e. The van der Waals surface area contributed by atoms with E-state index in [0.717, 1.165) is 60.8 Å². The number of aromatic nitrogens is 3. The van der Waals surface area contributed by atoms with E-state index in [9.17, 15) is 0 Å². The summed E-state index contributed by atoms with van der Waals surface area (Å²) in [6.45, 7) is 6.19. The Kier molecular flexibility index (Phi) is 5.74. The summed E-state index contributed by atoms with van der Waals surface area (Å²) in [5.41, 5.74) is 2.04. The standard InChI is InChI=1S/C22H26N6O/c1-17-15-20(24-16-18-7-3-4-8-19(18)29-2)26-22(25-17)28-13-11-27(12-14-28)21-9-5-6-10-23-21/h3-10,15H,11-14,16H2,1-2H3,(H,24,25,26). The lowest BCUT2D eigenvalue weighted by atomic mass is 10.2. The lowest BCUT2D eigenvalue weighted by Gasteiger charge is -2.35. The fourth-order valence-corrected chi connectivity index (χ4v) is 3.50. The molecule has 1 N–H and O–H groups in total. The van der Waals surface area contributed by atoms with Crippen LogP contribution in [-0.4, -0.2) is 48.2 Å². The number of piperazine rings is 1. The first-order valence-electron chi connectivity index (χ1n) is 9.85. The summed E-state index contributed by atoms with van der Waals surface area (Å²) in [5, 5.41) is 3.41. The number of methoxy groups -OCH3 is 1. The second-order valence-corrected chi connectivity index (χ2v) is 7.02. The predicted molar refractivity (Wildman–Crippen MR) is 116 cm³/mol. The van der Waals surface area contributed by atoms with Gasteiger partial charge in [0, 0.05) is 56.2 Å². The molecule has 1 aliphatic rings. The number of hydrogen-bond donors (Lipinski definition) is 1. The van der Waals surface area contributed by atoms with Crippen molar-refractivity contribution in [1.82, 2.24) is 15.0 Å². The zero-order valence-corrected chi connectivity index (χ0v) is 16.9. The minimum absolute atomic E-state index is 0.646. The zero-order valence-electron chi connectivity index (χ0n) is 16.9. The summed E-state index contributed by atoms with van der Waals surface area (Å²) in [4.78, 5) is 18.4. The van der Waals surface area contributed by atoms with Crippen LogP contribution in [0.25, 0.3) is 0 Å². The molecule has 7 heteroatoms. The second-order valence-electron chi connectivity index (χ2n) is 7.02. The van der Waals surface area contributed by atoms with E-state index in [2.05, 4.69) is 37.2 Å². The van der Waals surface area contributed by atoms with Gasteiger partial charge in [-0.2, -0.15) is 4.98 Å². The molecular weight excluding hydrogens is 364 g/mol. The van der Waals surface area contributed by atoms with Gasteiger partial charge in [-0.15, -0.1) is 0 Å². The normalized spacial score (nSPS) is 14.0. The van der Waals surface area contributed by atoms with Gasteiger partial charge >= 0.3 is 0 Å². The molecular formula is C22H26N6O. The molecule has 0 saturated carbocycles. The molecule has 0 spiro atoms. The van der Waals surface area contributed by atoms with Crippen LogP contribution in [0, 0.1) is 6.92 Å². The fraction of sp³-hybridized carbons (Fsp3) is 0.318. The molecule has 0 amide bonds. The second kappa shape index (κ2) is 8.77. The van der Waals surface area contributed by atoms with Crippen molar-refractivity contribution in [2.24, 2.45) is 0 Å². The van der Waals surface area contributed by atoms with Crippen LogP contribution in [-0.2, 0) is 6.54 Å². The van der Waals surface area contributed by atoms with Gasteiger partial charge in [0.2, 0.25) is 5.95 Å². The highest BCUT2D eigenvalue weighted by atomic mass is 16.5. The number of nitrogens with zero attached hydrogens (tertiary/aromatic N) is 5. The number of benzene rings is 1. The number of pyridine rings is 1. The summed E-state index contributed by atoms with van der Waals surface area (Å²) in [6.07, 6.45) is 1.84. The molecule has 1 fully saturated rings. The van der Waals surface area contributed by atoms with E-state index in [0.29, 0.717) is 6.54 Å². The lowest BCUT2D eigenvalue weighted by molar-refractivity contribution is 0.410. The number of nitrogens with one attached hydrogen (secondary N) is 1. The van der Waals surface area contributed by atoms with Crippen molar-refractivity contribution in [3.05, 3.63) is 66.0 Å². The van der Waals surface area contributed by atoms with Gasteiger partial charge in [-0.1, -0.05) is 24.3 Å². The third-order valence-corrected chi connectivity index (χ3v) is 5.03. The van der Waals surface area contributed by atoms with Crippen molar-refractivity contribution in [3.63, 3.8) is 0 Å². The molecule has 0 unspecified atom stereocenters. The van der Waals surface area contributed by atoms with Crippen molar-refractivity contribution in [1.29, 1.82) is 0 Å². The number of aryl methyl sites for hydroxylation is 1. The van der Waals surface area contributed by atoms with Crippen LogP contribution in [0.3, 0.4) is 0 Å². The Morgan fingerprint density at radius 3 is 2.48 bits per heavy atom. The molecule has 0 radical (unpaired) electrons. The Morgan fingerprint density at radius 1 is 0.966 bits per heavy atom. The van der Waals surface area contributed by atoms with Crippen molar-refractivity contribution < 1.29 is 4.74 Å². The SMILES string of the molecule is COc1ccccc1CNc1cc(C)nc(N2CCN(c3ccccn3)CC2)n1. The minimum atomic E-state index is 0.646. The van der Waals surface area contributed by atoms with Crippen LogP contribution in [0.15, 0.2) is 54.7 Å². The Labute approximate surface area is 171 Å². The van der Waals surface area contributed by atoms with Crippen LogP contribution < -0.4 is 19.9 Å². The average Bonchev–Trinajstić information content (AvgIpc) is 2.78. The van der Waals surface area contributed by atoms with Gasteiger partial charge in [0.15, 0.2) is 0 Å². The Balaban J connectivity index is 1.42. The predicted octanol–water partition coefficient (Wildman–Crippen LogP) is 3.13. The first kappa shape index (κ1) is 19.0. The largest absolute Gasteiger partial charge is 0.496 e. The zero-order chi connectivity index (χ0) is 20.1. The van der Waals surface area contributed by atoms with Crippen LogP contribution in [0.2, 0.25) is 0 Å². The van der Waals surface area contributed by atoms with Crippen molar-refractivity contribution in [2.75, 3.05) is 48.4 Å². The molecule has 29 heavy (non-hydrogen) atoms.